The van der Waals surface area contributed by atoms with Crippen LogP contribution in [0, 0.1) is 0 Å². The molecule has 1 unspecified atom stereocenters. The van der Waals surface area contributed by atoms with E-state index < -0.39 is 9.84 Å². The summed E-state index contributed by atoms with van der Waals surface area (Å²) in [5.74, 6) is 0.235. The second kappa shape index (κ2) is 6.42. The lowest BCUT2D eigenvalue weighted by molar-refractivity contribution is 0.539. The predicted octanol–water partition coefficient (Wildman–Crippen LogP) is 1.19. The fraction of sp³-hybridized carbons (Fsp3) is 0.800. The Morgan fingerprint density at radius 3 is 2.71 bits per heavy atom. The van der Waals surface area contributed by atoms with Crippen LogP contribution < -0.4 is 5.32 Å². The van der Waals surface area contributed by atoms with Crippen molar-refractivity contribution in [3.05, 3.63) is 10.6 Å². The van der Waals surface area contributed by atoms with Crippen molar-refractivity contribution >= 4 is 21.4 Å². The lowest BCUT2D eigenvalue weighted by Crippen LogP contribution is -2.18. The summed E-state index contributed by atoms with van der Waals surface area (Å²) in [5, 5.41) is 7.27. The Morgan fingerprint density at radius 2 is 2.18 bits per heavy atom. The molecule has 0 aromatic carbocycles. The van der Waals surface area contributed by atoms with Gasteiger partial charge in [-0.05, 0) is 37.8 Å². The molecule has 1 heterocycles. The van der Waals surface area contributed by atoms with Crippen molar-refractivity contribution in [2.24, 2.45) is 0 Å². The van der Waals surface area contributed by atoms with Crippen molar-refractivity contribution in [1.82, 2.24) is 14.9 Å². The number of hydrogen-bond donors (Lipinski definition) is 1. The first kappa shape index (κ1) is 14.5. The van der Waals surface area contributed by atoms with Crippen LogP contribution in [0.1, 0.15) is 36.4 Å². The highest BCUT2D eigenvalue weighted by Gasteiger charge is 2.17. The Kier molecular flexibility index (Phi) is 5.48. The van der Waals surface area contributed by atoms with Crippen molar-refractivity contribution < 1.29 is 8.42 Å². The summed E-state index contributed by atoms with van der Waals surface area (Å²) in [5.41, 5.74) is 1.01. The number of nitrogens with zero attached hydrogens (tertiary/aromatic N) is 2. The van der Waals surface area contributed by atoms with E-state index in [2.05, 4.69) is 14.9 Å². The zero-order chi connectivity index (χ0) is 12.9. The van der Waals surface area contributed by atoms with Gasteiger partial charge >= 0.3 is 0 Å². The molecule has 1 rings (SSSR count). The molecular formula is C10H19N3O2S2. The van der Waals surface area contributed by atoms with Gasteiger partial charge in [0.25, 0.3) is 0 Å². The normalized spacial score (nSPS) is 13.8. The number of hydrogen-bond acceptors (Lipinski definition) is 6. The van der Waals surface area contributed by atoms with Gasteiger partial charge in [-0.2, -0.15) is 0 Å². The van der Waals surface area contributed by atoms with Crippen molar-refractivity contribution in [2.75, 3.05) is 19.1 Å². The van der Waals surface area contributed by atoms with E-state index in [1.54, 1.807) is 0 Å². The first-order valence-electron chi connectivity index (χ1n) is 5.64. The molecule has 0 saturated heterocycles. The minimum absolute atomic E-state index is 0.159. The molecule has 0 bridgehead atoms. The molecule has 1 atom stereocenters. The summed E-state index contributed by atoms with van der Waals surface area (Å²) in [4.78, 5) is 1.13. The third-order valence-corrected chi connectivity index (χ3v) is 4.50. The number of aromatic nitrogens is 2. The van der Waals surface area contributed by atoms with E-state index >= 15 is 0 Å². The SMILES string of the molecule is CCc1nnsc1C(CCCS(C)(=O)=O)NC. The van der Waals surface area contributed by atoms with Crippen LogP contribution in [0.2, 0.25) is 0 Å². The zero-order valence-electron chi connectivity index (χ0n) is 10.4. The highest BCUT2D eigenvalue weighted by Crippen LogP contribution is 2.24. The molecule has 0 fully saturated rings. The van der Waals surface area contributed by atoms with Gasteiger partial charge in [-0.1, -0.05) is 11.4 Å². The highest BCUT2D eigenvalue weighted by atomic mass is 32.2. The number of rotatable bonds is 7. The molecule has 98 valence electrons. The molecule has 17 heavy (non-hydrogen) atoms. The Balaban J connectivity index is 2.60. The van der Waals surface area contributed by atoms with E-state index in [4.69, 9.17) is 0 Å². The van der Waals surface area contributed by atoms with Gasteiger partial charge in [0.2, 0.25) is 0 Å². The molecule has 1 aromatic rings. The standard InChI is InChI=1S/C10H19N3O2S2/c1-4-8-10(16-13-12-8)9(11-2)6-5-7-17(3,14)15/h9,11H,4-7H2,1-3H3. The number of nitrogens with one attached hydrogen (secondary N) is 1. The molecule has 1 N–H and O–H groups in total. The first-order chi connectivity index (χ1) is 7.98. The summed E-state index contributed by atoms with van der Waals surface area (Å²) in [6.45, 7) is 2.05. The Labute approximate surface area is 107 Å². The zero-order valence-corrected chi connectivity index (χ0v) is 12.1. The van der Waals surface area contributed by atoms with Gasteiger partial charge in [0.15, 0.2) is 0 Å². The fourth-order valence-electron chi connectivity index (χ4n) is 1.68. The summed E-state index contributed by atoms with van der Waals surface area (Å²) in [6.07, 6.45) is 3.58. The van der Waals surface area contributed by atoms with Gasteiger partial charge < -0.3 is 5.32 Å². The lowest BCUT2D eigenvalue weighted by Gasteiger charge is -2.14. The number of aryl methyl sites for hydroxylation is 1. The smallest absolute Gasteiger partial charge is 0.147 e. The minimum Gasteiger partial charge on any atom is -0.312 e. The van der Waals surface area contributed by atoms with Crippen LogP contribution >= 0.6 is 11.5 Å². The largest absolute Gasteiger partial charge is 0.312 e. The molecule has 0 aliphatic rings. The first-order valence-corrected chi connectivity index (χ1v) is 8.47. The van der Waals surface area contributed by atoms with Gasteiger partial charge in [0.1, 0.15) is 9.84 Å². The average molecular weight is 277 g/mol. The maximum Gasteiger partial charge on any atom is 0.147 e. The summed E-state index contributed by atoms with van der Waals surface area (Å²) >= 11 is 1.39. The van der Waals surface area contributed by atoms with Crippen LogP contribution in [0.5, 0.6) is 0 Å². The summed E-state index contributed by atoms with van der Waals surface area (Å²) < 4.78 is 26.1. The monoisotopic (exact) mass is 277 g/mol. The molecule has 0 aliphatic heterocycles. The Bertz CT molecular complexity index is 442. The van der Waals surface area contributed by atoms with Crippen molar-refractivity contribution in [2.45, 2.75) is 32.2 Å². The fourth-order valence-corrected chi connectivity index (χ4v) is 3.25. The van der Waals surface area contributed by atoms with E-state index in [0.29, 0.717) is 6.42 Å². The molecule has 7 heteroatoms. The molecule has 0 radical (unpaired) electrons. The molecular weight excluding hydrogens is 258 g/mol. The highest BCUT2D eigenvalue weighted by molar-refractivity contribution is 7.90. The van der Waals surface area contributed by atoms with Crippen molar-refractivity contribution in [3.63, 3.8) is 0 Å². The molecule has 0 spiro atoms. The van der Waals surface area contributed by atoms with Crippen molar-refractivity contribution in [3.8, 4) is 0 Å². The maximum atomic E-state index is 11.1. The average Bonchev–Trinajstić information content (AvgIpc) is 2.70. The van der Waals surface area contributed by atoms with E-state index in [-0.39, 0.29) is 11.8 Å². The van der Waals surface area contributed by atoms with Gasteiger partial charge in [0.05, 0.1) is 10.6 Å². The van der Waals surface area contributed by atoms with Crippen LogP contribution in [0.15, 0.2) is 0 Å². The van der Waals surface area contributed by atoms with E-state index in [1.165, 1.54) is 17.8 Å². The van der Waals surface area contributed by atoms with Gasteiger partial charge in [0, 0.05) is 18.1 Å². The van der Waals surface area contributed by atoms with Gasteiger partial charge in [-0.25, -0.2) is 8.42 Å². The summed E-state index contributed by atoms with van der Waals surface area (Å²) in [7, 11) is -0.989. The molecule has 5 nitrogen and oxygen atoms in total. The molecule has 1 aromatic heterocycles. The second-order valence-electron chi connectivity index (χ2n) is 4.05. The van der Waals surface area contributed by atoms with E-state index in [1.807, 2.05) is 14.0 Å². The second-order valence-corrected chi connectivity index (χ2v) is 7.10. The molecule has 0 saturated carbocycles. The van der Waals surface area contributed by atoms with Crippen LogP contribution in [0.4, 0.5) is 0 Å². The maximum absolute atomic E-state index is 11.1. The van der Waals surface area contributed by atoms with Crippen LogP contribution in [-0.4, -0.2) is 37.1 Å². The van der Waals surface area contributed by atoms with E-state index in [9.17, 15) is 8.42 Å². The quantitative estimate of drug-likeness (QED) is 0.810. The third-order valence-electron chi connectivity index (χ3n) is 2.59. The topological polar surface area (TPSA) is 72.0 Å². The lowest BCUT2D eigenvalue weighted by atomic mass is 10.1. The molecule has 0 aliphatic carbocycles. The summed E-state index contributed by atoms with van der Waals surface area (Å²) in [6, 6.07) is 0.159. The molecule has 0 amide bonds. The van der Waals surface area contributed by atoms with E-state index in [0.717, 1.165) is 23.4 Å². The van der Waals surface area contributed by atoms with Crippen LogP contribution in [-0.2, 0) is 16.3 Å². The van der Waals surface area contributed by atoms with Gasteiger partial charge in [-0.15, -0.1) is 5.10 Å². The Hall–Kier alpha value is -0.530. The van der Waals surface area contributed by atoms with Crippen LogP contribution in [0.3, 0.4) is 0 Å². The predicted molar refractivity (Wildman–Crippen MR) is 70.0 cm³/mol. The minimum atomic E-state index is -2.87. The van der Waals surface area contributed by atoms with Gasteiger partial charge in [-0.3, -0.25) is 0 Å². The van der Waals surface area contributed by atoms with Crippen molar-refractivity contribution in [1.29, 1.82) is 0 Å². The Morgan fingerprint density at radius 1 is 1.47 bits per heavy atom. The van der Waals surface area contributed by atoms with Crippen LogP contribution in [0.25, 0.3) is 0 Å². The third kappa shape index (κ3) is 4.69. The number of sulfone groups is 1.